The molecule has 6 heteroatoms. The van der Waals surface area contributed by atoms with Crippen LogP contribution >= 0.6 is 0 Å². The largest absolute Gasteiger partial charge is 0.370 e. The van der Waals surface area contributed by atoms with Gasteiger partial charge in [-0.1, -0.05) is 56.5 Å². The number of nitrogens with zero attached hydrogens (tertiary/aromatic N) is 2. The number of H-pyrrole nitrogens is 1. The van der Waals surface area contributed by atoms with E-state index in [1.165, 1.54) is 18.9 Å². The molecule has 0 unspecified atom stereocenters. The first kappa shape index (κ1) is 16.7. The van der Waals surface area contributed by atoms with E-state index in [1.807, 2.05) is 30.3 Å². The van der Waals surface area contributed by atoms with Crippen LogP contribution in [0, 0.1) is 0 Å². The Balaban J connectivity index is 2.04. The monoisotopic (exact) mass is 313 g/mol. The number of aromatic amines is 1. The zero-order valence-corrected chi connectivity index (χ0v) is 13.4. The van der Waals surface area contributed by atoms with Crippen LogP contribution in [0.3, 0.4) is 0 Å². The van der Waals surface area contributed by atoms with E-state index in [1.54, 1.807) is 0 Å². The topological polar surface area (TPSA) is 96.2 Å². The molecule has 6 nitrogen and oxygen atoms in total. The summed E-state index contributed by atoms with van der Waals surface area (Å²) in [6, 6.07) is 11.0. The Morgan fingerprint density at radius 3 is 2.78 bits per heavy atom. The normalized spacial score (nSPS) is 11.4. The van der Waals surface area contributed by atoms with Gasteiger partial charge in [-0.15, -0.1) is 0 Å². The van der Waals surface area contributed by atoms with Crippen LogP contribution < -0.4 is 16.6 Å². The highest BCUT2D eigenvalue weighted by molar-refractivity contribution is 5.90. The Hall–Kier alpha value is -2.63. The standard InChI is InChI=1S/C17H23N5O/c1-2-3-4-8-11-19-16(18)22-17-20-14(12-15(23)21-17)13-9-6-5-7-10-13/h5-7,9-10,12H,2-4,8,11H2,1H3,(H4,18,19,20,21,22,23). The van der Waals surface area contributed by atoms with Gasteiger partial charge in [0.2, 0.25) is 5.95 Å². The maximum absolute atomic E-state index is 11.8. The van der Waals surface area contributed by atoms with E-state index in [2.05, 4.69) is 27.2 Å². The molecule has 0 atom stereocenters. The second-order valence-corrected chi connectivity index (χ2v) is 5.30. The lowest BCUT2D eigenvalue weighted by Gasteiger charge is -2.07. The van der Waals surface area contributed by atoms with E-state index >= 15 is 0 Å². The Labute approximate surface area is 135 Å². The van der Waals surface area contributed by atoms with Crippen LogP contribution in [-0.4, -0.2) is 22.5 Å². The summed E-state index contributed by atoms with van der Waals surface area (Å²) in [5, 5.41) is 2.84. The molecule has 0 fully saturated rings. The number of unbranched alkanes of at least 4 members (excludes halogenated alkanes) is 3. The summed E-state index contributed by atoms with van der Waals surface area (Å²) < 4.78 is 0. The SMILES string of the molecule is CCCCCCN=C(N)Nc1nc(-c2ccccc2)cc(=O)[nH]1. The molecule has 0 spiro atoms. The molecule has 2 rings (SSSR count). The third-order valence-electron chi connectivity index (χ3n) is 3.35. The highest BCUT2D eigenvalue weighted by atomic mass is 16.1. The lowest BCUT2D eigenvalue weighted by Crippen LogP contribution is -2.26. The van der Waals surface area contributed by atoms with Crippen molar-refractivity contribution in [2.75, 3.05) is 11.9 Å². The molecule has 1 aromatic carbocycles. The fourth-order valence-electron chi connectivity index (χ4n) is 2.17. The first-order chi connectivity index (χ1) is 11.2. The number of anilines is 1. The Bertz CT molecular complexity index is 694. The Morgan fingerprint density at radius 1 is 1.26 bits per heavy atom. The van der Waals surface area contributed by atoms with Crippen LogP contribution in [0.15, 0.2) is 46.2 Å². The van der Waals surface area contributed by atoms with Crippen LogP contribution in [0.5, 0.6) is 0 Å². The maximum Gasteiger partial charge on any atom is 0.252 e. The van der Waals surface area contributed by atoms with Gasteiger partial charge in [-0.2, -0.15) is 0 Å². The molecule has 1 heterocycles. The van der Waals surface area contributed by atoms with Gasteiger partial charge in [0.1, 0.15) is 0 Å². The molecular formula is C17H23N5O. The molecule has 0 aliphatic rings. The molecule has 1 aromatic heterocycles. The smallest absolute Gasteiger partial charge is 0.252 e. The number of aromatic nitrogens is 2. The molecule has 0 amide bonds. The number of nitrogens with one attached hydrogen (secondary N) is 2. The quantitative estimate of drug-likeness (QED) is 0.416. The second kappa shape index (κ2) is 8.73. The van der Waals surface area contributed by atoms with Crippen molar-refractivity contribution in [3.05, 3.63) is 46.8 Å². The van der Waals surface area contributed by atoms with Crippen molar-refractivity contribution in [2.24, 2.45) is 10.7 Å². The number of benzene rings is 1. The van der Waals surface area contributed by atoms with Crippen molar-refractivity contribution in [1.29, 1.82) is 0 Å². The average Bonchev–Trinajstić information content (AvgIpc) is 2.55. The summed E-state index contributed by atoms with van der Waals surface area (Å²) in [5.74, 6) is 0.557. The van der Waals surface area contributed by atoms with Crippen molar-refractivity contribution in [3.8, 4) is 11.3 Å². The van der Waals surface area contributed by atoms with Crippen molar-refractivity contribution in [2.45, 2.75) is 32.6 Å². The van der Waals surface area contributed by atoms with Crippen LogP contribution in [-0.2, 0) is 0 Å². The summed E-state index contributed by atoms with van der Waals surface area (Å²) in [6.07, 6.45) is 4.54. The second-order valence-electron chi connectivity index (χ2n) is 5.30. The average molecular weight is 313 g/mol. The first-order valence-corrected chi connectivity index (χ1v) is 7.92. The Kier molecular flexibility index (Phi) is 6.35. The first-order valence-electron chi connectivity index (χ1n) is 7.92. The molecule has 23 heavy (non-hydrogen) atoms. The molecule has 0 aliphatic heterocycles. The molecule has 0 radical (unpaired) electrons. The van der Waals surface area contributed by atoms with Gasteiger partial charge in [-0.3, -0.25) is 20.1 Å². The van der Waals surface area contributed by atoms with Crippen molar-refractivity contribution < 1.29 is 0 Å². The van der Waals surface area contributed by atoms with Gasteiger partial charge >= 0.3 is 0 Å². The lowest BCUT2D eigenvalue weighted by molar-refractivity contribution is 0.675. The number of hydrogen-bond acceptors (Lipinski definition) is 3. The number of guanidine groups is 1. The number of rotatable bonds is 7. The maximum atomic E-state index is 11.8. The zero-order valence-electron chi connectivity index (χ0n) is 13.4. The van der Waals surface area contributed by atoms with Crippen molar-refractivity contribution >= 4 is 11.9 Å². The number of aliphatic imine (C=N–C) groups is 1. The predicted molar refractivity (Wildman–Crippen MR) is 94.5 cm³/mol. The fourth-order valence-corrected chi connectivity index (χ4v) is 2.17. The van der Waals surface area contributed by atoms with Crippen LogP contribution in [0.2, 0.25) is 0 Å². The minimum absolute atomic E-state index is 0.239. The highest BCUT2D eigenvalue weighted by Crippen LogP contribution is 2.15. The van der Waals surface area contributed by atoms with Crippen molar-refractivity contribution in [3.63, 3.8) is 0 Å². The van der Waals surface area contributed by atoms with Gasteiger partial charge in [0.15, 0.2) is 5.96 Å². The van der Waals surface area contributed by atoms with Crippen LogP contribution in [0.4, 0.5) is 5.95 Å². The minimum atomic E-state index is -0.239. The summed E-state index contributed by atoms with van der Waals surface area (Å²) >= 11 is 0. The third-order valence-corrected chi connectivity index (χ3v) is 3.35. The van der Waals surface area contributed by atoms with E-state index < -0.39 is 0 Å². The van der Waals surface area contributed by atoms with Gasteiger partial charge in [0, 0.05) is 18.2 Å². The third kappa shape index (κ3) is 5.58. The molecule has 0 bridgehead atoms. The van der Waals surface area contributed by atoms with Gasteiger partial charge < -0.3 is 5.73 Å². The Morgan fingerprint density at radius 2 is 2.04 bits per heavy atom. The summed E-state index contributed by atoms with van der Waals surface area (Å²) in [6.45, 7) is 2.84. The summed E-state index contributed by atoms with van der Waals surface area (Å²) in [4.78, 5) is 23.0. The molecular weight excluding hydrogens is 290 g/mol. The van der Waals surface area contributed by atoms with Crippen LogP contribution in [0.25, 0.3) is 11.3 Å². The van der Waals surface area contributed by atoms with Gasteiger partial charge in [-0.05, 0) is 6.42 Å². The molecule has 0 saturated heterocycles. The molecule has 2 aromatic rings. The van der Waals surface area contributed by atoms with E-state index in [-0.39, 0.29) is 11.5 Å². The zero-order chi connectivity index (χ0) is 16.5. The summed E-state index contributed by atoms with van der Waals surface area (Å²) in [7, 11) is 0. The van der Waals surface area contributed by atoms with Crippen molar-refractivity contribution in [1.82, 2.24) is 9.97 Å². The lowest BCUT2D eigenvalue weighted by atomic mass is 10.1. The van der Waals surface area contributed by atoms with Gasteiger partial charge in [0.25, 0.3) is 5.56 Å². The fraction of sp³-hybridized carbons (Fsp3) is 0.353. The van der Waals surface area contributed by atoms with E-state index in [0.717, 1.165) is 18.4 Å². The van der Waals surface area contributed by atoms with Gasteiger partial charge in [0.05, 0.1) is 5.69 Å². The summed E-state index contributed by atoms with van der Waals surface area (Å²) in [5.41, 5.74) is 7.06. The van der Waals surface area contributed by atoms with E-state index in [4.69, 9.17) is 5.73 Å². The molecule has 0 saturated carbocycles. The van der Waals surface area contributed by atoms with E-state index in [0.29, 0.717) is 18.2 Å². The molecule has 4 N–H and O–H groups in total. The highest BCUT2D eigenvalue weighted by Gasteiger charge is 2.04. The van der Waals surface area contributed by atoms with Gasteiger partial charge in [-0.25, -0.2) is 4.98 Å². The minimum Gasteiger partial charge on any atom is -0.370 e. The molecule has 0 aliphatic carbocycles. The van der Waals surface area contributed by atoms with E-state index in [9.17, 15) is 4.79 Å². The number of hydrogen-bond donors (Lipinski definition) is 3. The molecule has 122 valence electrons. The predicted octanol–water partition coefficient (Wildman–Crippen LogP) is 2.74. The van der Waals surface area contributed by atoms with Crippen LogP contribution in [0.1, 0.15) is 32.6 Å². The number of nitrogens with two attached hydrogens (primary N) is 1.